The Morgan fingerprint density at radius 1 is 1.09 bits per heavy atom. The number of hydrogen-bond donors (Lipinski definition) is 1. The van der Waals surface area contributed by atoms with E-state index in [4.69, 9.17) is 0 Å². The normalized spacial score (nSPS) is 25.0. The quantitative estimate of drug-likeness (QED) is 0.683. The summed E-state index contributed by atoms with van der Waals surface area (Å²) in [6.07, 6.45) is 4.88. The molecule has 4 atom stereocenters. The first-order valence-corrected chi connectivity index (χ1v) is 13.2. The lowest BCUT2D eigenvalue weighted by Crippen LogP contribution is -2.39. The maximum absolute atomic E-state index is 14.1. The molecule has 2 aromatic rings. The molecule has 3 aliphatic heterocycles. The topological polar surface area (TPSA) is 61.4 Å². The van der Waals surface area contributed by atoms with Gasteiger partial charge in [-0.15, -0.1) is 0 Å². The van der Waals surface area contributed by atoms with Gasteiger partial charge in [0.1, 0.15) is 12.1 Å². The second-order valence-electron chi connectivity index (χ2n) is 10.9. The molecule has 35 heavy (non-hydrogen) atoms. The van der Waals surface area contributed by atoms with Gasteiger partial charge in [0.25, 0.3) is 5.91 Å². The zero-order chi connectivity index (χ0) is 24.5. The molecule has 1 aromatic carbocycles. The fourth-order valence-corrected chi connectivity index (χ4v) is 6.72. The fraction of sp³-hybridized carbons (Fsp3) is 0.607. The molecule has 3 fully saturated rings. The van der Waals surface area contributed by atoms with Gasteiger partial charge in [0.15, 0.2) is 0 Å². The first-order chi connectivity index (χ1) is 16.9. The van der Waals surface area contributed by atoms with Crippen molar-refractivity contribution in [1.29, 1.82) is 0 Å². The summed E-state index contributed by atoms with van der Waals surface area (Å²) < 4.78 is 14.1. The zero-order valence-corrected chi connectivity index (χ0v) is 21.2. The van der Waals surface area contributed by atoms with Crippen LogP contribution < -0.4 is 5.32 Å². The second-order valence-corrected chi connectivity index (χ2v) is 10.9. The molecule has 3 saturated heterocycles. The molecule has 0 spiro atoms. The maximum atomic E-state index is 14.1. The fourth-order valence-electron chi connectivity index (χ4n) is 6.72. The highest BCUT2D eigenvalue weighted by Crippen LogP contribution is 2.39. The Hall–Kier alpha value is -2.38. The third-order valence-electron chi connectivity index (χ3n) is 8.69. The van der Waals surface area contributed by atoms with E-state index in [0.717, 1.165) is 75.5 Å². The molecule has 1 N–H and O–H groups in total. The summed E-state index contributed by atoms with van der Waals surface area (Å²) in [4.78, 5) is 26.4. The van der Waals surface area contributed by atoms with Crippen molar-refractivity contribution in [2.75, 3.05) is 39.3 Å². The highest BCUT2D eigenvalue weighted by molar-refractivity contribution is 5.96. The first-order valence-electron chi connectivity index (χ1n) is 13.2. The Balaban J connectivity index is 1.23. The van der Waals surface area contributed by atoms with Gasteiger partial charge in [-0.05, 0) is 94.5 Å². The summed E-state index contributed by atoms with van der Waals surface area (Å²) >= 11 is 0. The van der Waals surface area contributed by atoms with E-state index in [-0.39, 0.29) is 11.7 Å². The Morgan fingerprint density at radius 3 is 2.37 bits per heavy atom. The van der Waals surface area contributed by atoms with E-state index >= 15 is 0 Å². The van der Waals surface area contributed by atoms with Gasteiger partial charge in [-0.25, -0.2) is 14.4 Å². The predicted octanol–water partition coefficient (Wildman–Crippen LogP) is 3.80. The van der Waals surface area contributed by atoms with E-state index < -0.39 is 0 Å². The van der Waals surface area contributed by atoms with Crippen molar-refractivity contribution in [1.82, 2.24) is 25.1 Å². The van der Waals surface area contributed by atoms with Crippen molar-refractivity contribution in [2.45, 2.75) is 52.0 Å². The summed E-state index contributed by atoms with van der Waals surface area (Å²) in [7, 11) is 0. The van der Waals surface area contributed by atoms with Crippen LogP contribution in [0.3, 0.4) is 0 Å². The van der Waals surface area contributed by atoms with Crippen LogP contribution in [0.1, 0.15) is 59.4 Å². The number of hydrogen-bond acceptors (Lipinski definition) is 5. The number of halogens is 1. The minimum Gasteiger partial charge on any atom is -0.338 e. The van der Waals surface area contributed by atoms with Crippen LogP contribution in [0.2, 0.25) is 0 Å². The van der Waals surface area contributed by atoms with E-state index in [1.165, 1.54) is 6.33 Å². The summed E-state index contributed by atoms with van der Waals surface area (Å²) in [5.41, 5.74) is 3.33. The van der Waals surface area contributed by atoms with Crippen LogP contribution in [0, 0.1) is 37.4 Å². The molecular weight excluding hydrogens is 441 g/mol. The molecular formula is C28H38FN5O. The van der Waals surface area contributed by atoms with Crippen LogP contribution >= 0.6 is 0 Å². The molecule has 7 heteroatoms. The number of amides is 1. The van der Waals surface area contributed by atoms with Gasteiger partial charge < -0.3 is 10.2 Å². The first kappa shape index (κ1) is 24.3. The summed E-state index contributed by atoms with van der Waals surface area (Å²) in [5.74, 6) is 1.94. The average molecular weight is 480 g/mol. The van der Waals surface area contributed by atoms with Gasteiger partial charge in [-0.1, -0.05) is 12.1 Å². The van der Waals surface area contributed by atoms with E-state index in [1.807, 2.05) is 24.8 Å². The smallest absolute Gasteiger partial charge is 0.257 e. The number of fused-ring (bicyclic) bond motifs is 1. The zero-order valence-electron chi connectivity index (χ0n) is 21.2. The lowest BCUT2D eigenvalue weighted by Gasteiger charge is -2.35. The largest absolute Gasteiger partial charge is 0.338 e. The highest BCUT2D eigenvalue weighted by Gasteiger charge is 2.43. The SMILES string of the molecule is Cc1ncnc(C)c1C(=O)N1CC2CN(C(C)CC(c3cccc(F)c3)C3CCNCC3)CC2C1. The van der Waals surface area contributed by atoms with Gasteiger partial charge in [-0.3, -0.25) is 9.69 Å². The minimum absolute atomic E-state index is 0.0756. The number of carbonyl (C=O) groups excluding carboxylic acids is 1. The Labute approximate surface area is 208 Å². The predicted molar refractivity (Wildman–Crippen MR) is 135 cm³/mol. The molecule has 3 aliphatic rings. The number of piperidine rings is 1. The van der Waals surface area contributed by atoms with Crippen LogP contribution in [-0.4, -0.2) is 71.0 Å². The number of rotatable bonds is 6. The van der Waals surface area contributed by atoms with Crippen molar-refractivity contribution in [2.24, 2.45) is 17.8 Å². The number of nitrogens with zero attached hydrogens (tertiary/aromatic N) is 4. The molecule has 0 bridgehead atoms. The number of aromatic nitrogens is 2. The number of carbonyl (C=O) groups is 1. The van der Waals surface area contributed by atoms with Gasteiger partial charge in [-0.2, -0.15) is 0 Å². The molecule has 4 unspecified atom stereocenters. The van der Waals surface area contributed by atoms with E-state index in [9.17, 15) is 9.18 Å². The lowest BCUT2D eigenvalue weighted by atomic mass is 9.77. The molecule has 1 amide bonds. The molecule has 0 aliphatic carbocycles. The average Bonchev–Trinajstić information content (AvgIpc) is 3.42. The van der Waals surface area contributed by atoms with Crippen LogP contribution in [0.25, 0.3) is 0 Å². The minimum atomic E-state index is -0.135. The van der Waals surface area contributed by atoms with E-state index in [0.29, 0.717) is 35.3 Å². The van der Waals surface area contributed by atoms with Gasteiger partial charge in [0.2, 0.25) is 0 Å². The van der Waals surface area contributed by atoms with Gasteiger partial charge in [0, 0.05) is 32.2 Å². The number of likely N-dealkylation sites (tertiary alicyclic amines) is 2. The van der Waals surface area contributed by atoms with Crippen LogP contribution in [0.15, 0.2) is 30.6 Å². The number of benzene rings is 1. The Kier molecular flexibility index (Phi) is 7.17. The molecule has 5 rings (SSSR count). The molecule has 0 saturated carbocycles. The van der Waals surface area contributed by atoms with Crippen LogP contribution in [0.4, 0.5) is 4.39 Å². The van der Waals surface area contributed by atoms with Crippen molar-refractivity contribution >= 4 is 5.91 Å². The Bertz CT molecular complexity index is 1020. The van der Waals surface area contributed by atoms with Crippen molar-refractivity contribution < 1.29 is 9.18 Å². The Morgan fingerprint density at radius 2 is 1.74 bits per heavy atom. The third kappa shape index (κ3) is 5.12. The summed E-state index contributed by atoms with van der Waals surface area (Å²) in [6, 6.07) is 7.70. The van der Waals surface area contributed by atoms with Crippen LogP contribution in [0.5, 0.6) is 0 Å². The summed E-state index contributed by atoms with van der Waals surface area (Å²) in [6.45, 7) is 11.9. The van der Waals surface area contributed by atoms with Crippen LogP contribution in [-0.2, 0) is 0 Å². The monoisotopic (exact) mass is 479 g/mol. The maximum Gasteiger partial charge on any atom is 0.257 e. The second kappa shape index (κ2) is 10.3. The molecule has 4 heterocycles. The van der Waals surface area contributed by atoms with Crippen molar-refractivity contribution in [3.63, 3.8) is 0 Å². The molecule has 6 nitrogen and oxygen atoms in total. The van der Waals surface area contributed by atoms with Crippen molar-refractivity contribution in [3.8, 4) is 0 Å². The summed E-state index contributed by atoms with van der Waals surface area (Å²) in [5, 5.41) is 3.48. The van der Waals surface area contributed by atoms with Gasteiger partial charge in [0.05, 0.1) is 17.0 Å². The number of nitrogens with one attached hydrogen (secondary N) is 1. The van der Waals surface area contributed by atoms with Gasteiger partial charge >= 0.3 is 0 Å². The molecule has 188 valence electrons. The third-order valence-corrected chi connectivity index (χ3v) is 8.69. The van der Waals surface area contributed by atoms with E-state index in [1.54, 1.807) is 12.1 Å². The number of aryl methyl sites for hydroxylation is 2. The highest BCUT2D eigenvalue weighted by atomic mass is 19.1. The lowest BCUT2D eigenvalue weighted by molar-refractivity contribution is 0.0766. The van der Waals surface area contributed by atoms with Crippen molar-refractivity contribution in [3.05, 3.63) is 58.9 Å². The molecule has 0 radical (unpaired) electrons. The molecule has 1 aromatic heterocycles. The van der Waals surface area contributed by atoms with E-state index in [2.05, 4.69) is 33.2 Å². The standard InChI is InChI=1S/C28H38FN5O/c1-18(11-26(21-7-9-30-10-8-21)22-5-4-6-25(29)12-22)33-13-23-15-34(16-24(23)14-33)28(35)27-19(2)31-17-32-20(27)3/h4-6,12,17-18,21,23-24,26,30H,7-11,13-16H2,1-3H3.